The van der Waals surface area contributed by atoms with E-state index >= 15 is 0 Å². The predicted molar refractivity (Wildman–Crippen MR) is 130 cm³/mol. The Morgan fingerprint density at radius 2 is 1.61 bits per heavy atom. The van der Waals surface area contributed by atoms with E-state index in [2.05, 4.69) is 20.7 Å². The van der Waals surface area contributed by atoms with Crippen LogP contribution in [0.1, 0.15) is 5.56 Å². The van der Waals surface area contributed by atoms with Crippen molar-refractivity contribution in [3.8, 4) is 17.1 Å². The molecule has 0 aliphatic heterocycles. The minimum atomic E-state index is -0.338. The first-order chi connectivity index (χ1) is 16.0. The third kappa shape index (κ3) is 5.98. The summed E-state index contributed by atoms with van der Waals surface area (Å²) in [6.07, 6.45) is 1.44. The Balaban J connectivity index is 1.51. The lowest BCUT2D eigenvalue weighted by Gasteiger charge is -2.10. The number of nitrogens with zero attached hydrogens (tertiary/aromatic N) is 4. The Bertz CT molecular complexity index is 1280. The number of thioether (sulfide) groups is 1. The van der Waals surface area contributed by atoms with Crippen molar-refractivity contribution in [1.29, 1.82) is 0 Å². The van der Waals surface area contributed by atoms with Gasteiger partial charge in [-0.15, -0.1) is 10.2 Å². The molecule has 6 nitrogen and oxygen atoms in total. The fourth-order valence-corrected chi connectivity index (χ4v) is 3.86. The minimum absolute atomic E-state index is 0.0626. The SMILES string of the molecule is O=C(CSc1nnc(-c2ccc(Cl)cc2)n1-c1ccc(Cl)cc1)N/N=C/c1ccc(F)cc1. The summed E-state index contributed by atoms with van der Waals surface area (Å²) >= 11 is 13.3. The third-order valence-corrected chi connectivity index (χ3v) is 5.86. The fraction of sp³-hybridized carbons (Fsp3) is 0.0435. The molecule has 0 unspecified atom stereocenters. The number of carbonyl (C=O) groups excluding carboxylic acids is 1. The number of hydrogen-bond donors (Lipinski definition) is 1. The number of nitrogens with one attached hydrogen (secondary N) is 1. The smallest absolute Gasteiger partial charge is 0.250 e. The zero-order valence-electron chi connectivity index (χ0n) is 17.0. The highest BCUT2D eigenvalue weighted by Gasteiger charge is 2.17. The fourth-order valence-electron chi connectivity index (χ4n) is 2.86. The molecule has 33 heavy (non-hydrogen) atoms. The molecule has 0 bridgehead atoms. The second kappa shape index (κ2) is 10.6. The van der Waals surface area contributed by atoms with E-state index in [1.54, 1.807) is 36.4 Å². The van der Waals surface area contributed by atoms with Crippen molar-refractivity contribution in [3.63, 3.8) is 0 Å². The van der Waals surface area contributed by atoms with Crippen molar-refractivity contribution in [2.24, 2.45) is 5.10 Å². The molecule has 3 aromatic carbocycles. The van der Waals surface area contributed by atoms with E-state index in [-0.39, 0.29) is 17.5 Å². The van der Waals surface area contributed by atoms with Gasteiger partial charge in [-0.05, 0) is 66.2 Å². The zero-order chi connectivity index (χ0) is 23.2. The predicted octanol–water partition coefficient (Wildman–Crippen LogP) is 5.62. The van der Waals surface area contributed by atoms with Crippen LogP contribution in [0.15, 0.2) is 83.1 Å². The summed E-state index contributed by atoms with van der Waals surface area (Å²) in [6, 6.07) is 20.3. The van der Waals surface area contributed by atoms with Crippen molar-refractivity contribution in [2.45, 2.75) is 5.16 Å². The van der Waals surface area contributed by atoms with E-state index in [9.17, 15) is 9.18 Å². The zero-order valence-corrected chi connectivity index (χ0v) is 19.3. The van der Waals surface area contributed by atoms with Crippen LogP contribution in [0.3, 0.4) is 0 Å². The Kier molecular flexibility index (Phi) is 7.39. The van der Waals surface area contributed by atoms with Crippen LogP contribution in [0.25, 0.3) is 17.1 Å². The highest BCUT2D eigenvalue weighted by molar-refractivity contribution is 7.99. The van der Waals surface area contributed by atoms with E-state index in [0.717, 1.165) is 11.3 Å². The van der Waals surface area contributed by atoms with E-state index in [4.69, 9.17) is 23.2 Å². The standard InChI is InChI=1S/C23H16Cl2FN5OS/c24-17-5-3-16(4-6-17)22-29-30-23(31(22)20-11-7-18(25)8-12-20)33-14-21(32)28-27-13-15-1-9-19(26)10-2-15/h1-13H,14H2,(H,28,32)/b27-13+. The van der Waals surface area contributed by atoms with Crippen molar-refractivity contribution in [1.82, 2.24) is 20.2 Å². The molecule has 1 N–H and O–H groups in total. The third-order valence-electron chi connectivity index (χ3n) is 4.43. The summed E-state index contributed by atoms with van der Waals surface area (Å²) < 4.78 is 14.8. The van der Waals surface area contributed by atoms with Gasteiger partial charge in [-0.25, -0.2) is 9.82 Å². The van der Waals surface area contributed by atoms with Gasteiger partial charge < -0.3 is 0 Å². The number of hydrogen-bond acceptors (Lipinski definition) is 5. The van der Waals surface area contributed by atoms with Gasteiger partial charge in [0.2, 0.25) is 0 Å². The molecule has 0 radical (unpaired) electrons. The van der Waals surface area contributed by atoms with E-state index in [1.807, 2.05) is 28.8 Å². The lowest BCUT2D eigenvalue weighted by atomic mass is 10.2. The van der Waals surface area contributed by atoms with Gasteiger partial charge >= 0.3 is 0 Å². The van der Waals surface area contributed by atoms with Crippen molar-refractivity contribution < 1.29 is 9.18 Å². The normalized spacial score (nSPS) is 11.1. The van der Waals surface area contributed by atoms with Crippen molar-refractivity contribution in [2.75, 3.05) is 5.75 Å². The molecule has 10 heteroatoms. The monoisotopic (exact) mass is 499 g/mol. The van der Waals surface area contributed by atoms with Gasteiger partial charge in [-0.1, -0.05) is 47.1 Å². The van der Waals surface area contributed by atoms with Crippen molar-refractivity contribution in [3.05, 3.63) is 94.2 Å². The first-order valence-corrected chi connectivity index (χ1v) is 11.4. The maximum atomic E-state index is 13.0. The van der Waals surface area contributed by atoms with Crippen LogP contribution in [-0.4, -0.2) is 32.6 Å². The number of benzene rings is 3. The molecular weight excluding hydrogens is 484 g/mol. The van der Waals surface area contributed by atoms with Gasteiger partial charge in [0.05, 0.1) is 12.0 Å². The van der Waals surface area contributed by atoms with Gasteiger partial charge in [0.25, 0.3) is 5.91 Å². The van der Waals surface area contributed by atoms with Crippen LogP contribution in [0.5, 0.6) is 0 Å². The molecule has 0 spiro atoms. The molecule has 0 aliphatic rings. The van der Waals surface area contributed by atoms with Crippen LogP contribution in [0.2, 0.25) is 10.0 Å². The highest BCUT2D eigenvalue weighted by Crippen LogP contribution is 2.29. The molecule has 1 aromatic heterocycles. The van der Waals surface area contributed by atoms with Gasteiger partial charge in [0.15, 0.2) is 11.0 Å². The van der Waals surface area contributed by atoms with Gasteiger partial charge in [-0.3, -0.25) is 9.36 Å². The molecule has 1 heterocycles. The van der Waals surface area contributed by atoms with E-state index < -0.39 is 0 Å². The summed E-state index contributed by atoms with van der Waals surface area (Å²) in [6.45, 7) is 0. The molecule has 0 saturated heterocycles. The second-order valence-electron chi connectivity index (χ2n) is 6.76. The molecule has 4 aromatic rings. The van der Waals surface area contributed by atoms with Crippen LogP contribution in [0, 0.1) is 5.82 Å². The van der Waals surface area contributed by atoms with Crippen LogP contribution < -0.4 is 5.43 Å². The Morgan fingerprint density at radius 1 is 0.970 bits per heavy atom. The van der Waals surface area contributed by atoms with Crippen LogP contribution in [0.4, 0.5) is 4.39 Å². The molecule has 1 amide bonds. The summed E-state index contributed by atoms with van der Waals surface area (Å²) in [7, 11) is 0. The quantitative estimate of drug-likeness (QED) is 0.203. The van der Waals surface area contributed by atoms with Crippen LogP contribution >= 0.6 is 35.0 Å². The Labute approximate surface area is 203 Å². The second-order valence-corrected chi connectivity index (χ2v) is 8.57. The van der Waals surface area contributed by atoms with Crippen molar-refractivity contribution >= 4 is 47.1 Å². The molecule has 0 saturated carbocycles. The summed E-state index contributed by atoms with van der Waals surface area (Å²) in [4.78, 5) is 12.3. The van der Waals surface area contributed by atoms with E-state index in [0.29, 0.717) is 26.6 Å². The topological polar surface area (TPSA) is 72.2 Å². The number of carbonyl (C=O) groups is 1. The average Bonchev–Trinajstić information content (AvgIpc) is 3.24. The minimum Gasteiger partial charge on any atom is -0.272 e. The molecule has 4 rings (SSSR count). The highest BCUT2D eigenvalue weighted by atomic mass is 35.5. The molecule has 0 fully saturated rings. The number of halogens is 3. The van der Waals surface area contributed by atoms with Gasteiger partial charge in [-0.2, -0.15) is 5.10 Å². The van der Waals surface area contributed by atoms with E-state index in [1.165, 1.54) is 30.1 Å². The number of aromatic nitrogens is 3. The van der Waals surface area contributed by atoms with Gasteiger partial charge in [0.1, 0.15) is 5.82 Å². The maximum absolute atomic E-state index is 13.0. The lowest BCUT2D eigenvalue weighted by molar-refractivity contribution is -0.118. The number of rotatable bonds is 7. The van der Waals surface area contributed by atoms with Crippen LogP contribution in [-0.2, 0) is 4.79 Å². The maximum Gasteiger partial charge on any atom is 0.250 e. The largest absolute Gasteiger partial charge is 0.272 e. The molecule has 0 atom stereocenters. The number of hydrazone groups is 1. The first-order valence-electron chi connectivity index (χ1n) is 9.67. The average molecular weight is 500 g/mol. The molecule has 0 aliphatic carbocycles. The summed E-state index contributed by atoms with van der Waals surface area (Å²) in [5.74, 6) is 0.00579. The Morgan fingerprint density at radius 3 is 2.27 bits per heavy atom. The molecular formula is C23H16Cl2FN5OS. The van der Waals surface area contributed by atoms with Gasteiger partial charge in [0, 0.05) is 21.3 Å². The summed E-state index contributed by atoms with van der Waals surface area (Å²) in [5, 5.41) is 14.3. The Hall–Kier alpha value is -3.20. The molecule has 166 valence electrons. The first kappa shape index (κ1) is 23.0. The lowest BCUT2D eigenvalue weighted by Crippen LogP contribution is -2.20. The number of amides is 1. The summed E-state index contributed by atoms with van der Waals surface area (Å²) in [5.41, 5.74) is 4.74.